The zero-order valence-electron chi connectivity index (χ0n) is 44.1. The summed E-state index contributed by atoms with van der Waals surface area (Å²) in [6.07, 6.45) is 48.4. The van der Waals surface area contributed by atoms with E-state index >= 15 is 0 Å². The predicted octanol–water partition coefficient (Wildman–Crippen LogP) is 16.7. The monoisotopic (exact) mass is 915 g/mol. The molecule has 0 aliphatic carbocycles. The van der Waals surface area contributed by atoms with Gasteiger partial charge in [0.05, 0.1) is 19.6 Å². The molecule has 1 rings (SSSR count). The Morgan fingerprint density at radius 1 is 0.477 bits per heavy atom. The second-order valence-corrected chi connectivity index (χ2v) is 20.4. The molecule has 1 saturated heterocycles. The Bertz CT molecular complexity index is 1110. The summed E-state index contributed by atoms with van der Waals surface area (Å²) in [7, 11) is 0. The van der Waals surface area contributed by atoms with Gasteiger partial charge in [0.15, 0.2) is 0 Å². The molecule has 382 valence electrons. The summed E-state index contributed by atoms with van der Waals surface area (Å²) in [5.41, 5.74) is 0. The number of nitrogens with zero attached hydrogens (tertiary/aromatic N) is 2. The molecule has 1 amide bonds. The van der Waals surface area contributed by atoms with Crippen LogP contribution in [0.25, 0.3) is 0 Å². The molecule has 0 spiro atoms. The number of hydrogen-bond donors (Lipinski definition) is 0. The molecule has 7 heteroatoms. The van der Waals surface area contributed by atoms with Gasteiger partial charge in [0.2, 0.25) is 5.91 Å². The van der Waals surface area contributed by atoms with Crippen molar-refractivity contribution in [3.63, 3.8) is 0 Å². The first-order valence-electron chi connectivity index (χ1n) is 28.9. The van der Waals surface area contributed by atoms with E-state index in [2.05, 4.69) is 50.5 Å². The Labute approximate surface area is 404 Å². The van der Waals surface area contributed by atoms with Crippen molar-refractivity contribution >= 4 is 17.8 Å². The van der Waals surface area contributed by atoms with Crippen molar-refractivity contribution in [2.45, 2.75) is 291 Å². The van der Waals surface area contributed by atoms with Crippen molar-refractivity contribution in [1.29, 1.82) is 0 Å². The van der Waals surface area contributed by atoms with E-state index in [9.17, 15) is 14.4 Å². The number of ether oxygens (including phenoxy) is 2. The number of rotatable bonds is 48. The standard InChI is InChI=1S/C58H110N2O5/c1-6-11-16-23-32-44-56(61)60(50-37-49-59-47-35-36-48-59)55(42-30-24-19-21-26-33-45-57(62)64-51-53(38-14-9-4)40-28-17-12-7-2)43-31-25-20-22-27-34-46-58(63)65-52-54(39-15-10-5)41-29-18-13-8-3/h26,33,53-55H,6-25,27-32,34-52H2,1-5H3/b33-26+. The summed E-state index contributed by atoms with van der Waals surface area (Å²) in [4.78, 5) is 44.1. The van der Waals surface area contributed by atoms with E-state index in [1.54, 1.807) is 0 Å². The normalized spacial score (nSPS) is 14.5. The molecule has 3 atom stereocenters. The van der Waals surface area contributed by atoms with Gasteiger partial charge in [-0.25, -0.2) is 0 Å². The summed E-state index contributed by atoms with van der Waals surface area (Å²) in [5.74, 6) is 1.32. The van der Waals surface area contributed by atoms with Crippen LogP contribution in [-0.2, 0) is 23.9 Å². The van der Waals surface area contributed by atoms with E-state index in [1.165, 1.54) is 154 Å². The fraction of sp³-hybridized carbons (Fsp3) is 0.914. The lowest BCUT2D eigenvalue weighted by molar-refractivity contribution is -0.145. The highest BCUT2D eigenvalue weighted by Gasteiger charge is 2.24. The molecule has 0 bridgehead atoms. The largest absolute Gasteiger partial charge is 0.465 e. The van der Waals surface area contributed by atoms with Crippen molar-refractivity contribution in [3.8, 4) is 0 Å². The fourth-order valence-corrected chi connectivity index (χ4v) is 9.81. The Morgan fingerprint density at radius 3 is 1.49 bits per heavy atom. The smallest absolute Gasteiger partial charge is 0.309 e. The first-order valence-corrected chi connectivity index (χ1v) is 28.9. The van der Waals surface area contributed by atoms with Gasteiger partial charge in [0.25, 0.3) is 0 Å². The minimum atomic E-state index is -0.0893. The molecular formula is C58H110N2O5. The molecule has 1 aliphatic heterocycles. The number of carbonyl (C=O) groups excluding carboxylic acids is 3. The highest BCUT2D eigenvalue weighted by molar-refractivity contribution is 5.76. The Morgan fingerprint density at radius 2 is 0.923 bits per heavy atom. The van der Waals surface area contributed by atoms with E-state index in [0.29, 0.717) is 56.3 Å². The predicted molar refractivity (Wildman–Crippen MR) is 278 cm³/mol. The maximum Gasteiger partial charge on any atom is 0.309 e. The van der Waals surface area contributed by atoms with Gasteiger partial charge in [-0.05, 0) is 115 Å². The van der Waals surface area contributed by atoms with Crippen LogP contribution >= 0.6 is 0 Å². The second-order valence-electron chi connectivity index (χ2n) is 20.4. The van der Waals surface area contributed by atoms with Crippen LogP contribution in [0.5, 0.6) is 0 Å². The highest BCUT2D eigenvalue weighted by atomic mass is 16.5. The first kappa shape index (κ1) is 61.1. The van der Waals surface area contributed by atoms with Gasteiger partial charge >= 0.3 is 11.9 Å². The molecule has 1 aliphatic rings. The number of likely N-dealkylation sites (tertiary alicyclic amines) is 1. The minimum absolute atomic E-state index is 0.00617. The van der Waals surface area contributed by atoms with Gasteiger partial charge in [0.1, 0.15) is 0 Å². The highest BCUT2D eigenvalue weighted by Crippen LogP contribution is 2.23. The average molecular weight is 916 g/mol. The molecule has 0 radical (unpaired) electrons. The van der Waals surface area contributed by atoms with Gasteiger partial charge < -0.3 is 19.3 Å². The molecule has 0 aromatic rings. The third-order valence-electron chi connectivity index (χ3n) is 14.2. The van der Waals surface area contributed by atoms with Crippen molar-refractivity contribution in [2.75, 3.05) is 39.4 Å². The van der Waals surface area contributed by atoms with E-state index in [1.807, 2.05) is 6.08 Å². The number of carbonyl (C=O) groups is 3. The molecule has 1 heterocycles. The average Bonchev–Trinajstić information content (AvgIpc) is 3.84. The van der Waals surface area contributed by atoms with E-state index in [0.717, 1.165) is 103 Å². The Hall–Kier alpha value is -1.89. The Kier molecular flexibility index (Phi) is 43.1. The van der Waals surface area contributed by atoms with Crippen molar-refractivity contribution in [3.05, 3.63) is 12.2 Å². The molecule has 0 N–H and O–H groups in total. The van der Waals surface area contributed by atoms with E-state index < -0.39 is 0 Å². The van der Waals surface area contributed by atoms with Crippen molar-refractivity contribution in [2.24, 2.45) is 11.8 Å². The Balaban J connectivity index is 2.64. The summed E-state index contributed by atoms with van der Waals surface area (Å²) >= 11 is 0. The molecule has 0 aromatic heterocycles. The molecule has 7 nitrogen and oxygen atoms in total. The molecule has 3 unspecified atom stereocenters. The summed E-state index contributed by atoms with van der Waals surface area (Å²) in [6.45, 7) is 16.9. The molecule has 0 saturated carbocycles. The molecular weight excluding hydrogens is 805 g/mol. The SMILES string of the molecule is CCCCCCCC(=O)N(CCCN1CCCC1)C(CCCCC/C=C/CC(=O)OCC(CCCC)CCCCCC)CCCCCCCCC(=O)OCC(CCCC)CCCCCC. The molecule has 65 heavy (non-hydrogen) atoms. The lowest BCUT2D eigenvalue weighted by Crippen LogP contribution is -2.42. The van der Waals surface area contributed by atoms with Crippen LogP contribution in [0, 0.1) is 11.8 Å². The number of amides is 1. The van der Waals surface area contributed by atoms with Crippen LogP contribution in [0.4, 0.5) is 0 Å². The van der Waals surface area contributed by atoms with E-state index in [-0.39, 0.29) is 11.9 Å². The summed E-state index contributed by atoms with van der Waals surface area (Å²) in [6, 6.07) is 0.317. The summed E-state index contributed by atoms with van der Waals surface area (Å²) < 4.78 is 11.5. The van der Waals surface area contributed by atoms with Crippen LogP contribution in [0.15, 0.2) is 12.2 Å². The molecule has 1 fully saturated rings. The number of esters is 2. The van der Waals surface area contributed by atoms with Crippen molar-refractivity contribution in [1.82, 2.24) is 9.80 Å². The van der Waals surface area contributed by atoms with Crippen molar-refractivity contribution < 1.29 is 23.9 Å². The first-order chi connectivity index (χ1) is 31.9. The topological polar surface area (TPSA) is 76.2 Å². The van der Waals surface area contributed by atoms with Gasteiger partial charge in [-0.2, -0.15) is 0 Å². The fourth-order valence-electron chi connectivity index (χ4n) is 9.81. The minimum Gasteiger partial charge on any atom is -0.465 e. The van der Waals surface area contributed by atoms with Gasteiger partial charge in [-0.15, -0.1) is 0 Å². The van der Waals surface area contributed by atoms with Crippen LogP contribution < -0.4 is 0 Å². The van der Waals surface area contributed by atoms with Crippen LogP contribution in [0.1, 0.15) is 285 Å². The van der Waals surface area contributed by atoms with Crippen LogP contribution in [0.2, 0.25) is 0 Å². The number of hydrogen-bond acceptors (Lipinski definition) is 6. The maximum atomic E-state index is 14.0. The lowest BCUT2D eigenvalue weighted by Gasteiger charge is -2.33. The number of unbranched alkanes of at least 4 members (excludes halogenated alkanes) is 20. The number of allylic oxidation sites excluding steroid dienone is 1. The quantitative estimate of drug-likeness (QED) is 0.0344. The summed E-state index contributed by atoms with van der Waals surface area (Å²) in [5, 5.41) is 0. The zero-order valence-corrected chi connectivity index (χ0v) is 44.1. The zero-order chi connectivity index (χ0) is 47.3. The molecule has 0 aromatic carbocycles. The van der Waals surface area contributed by atoms with E-state index in [4.69, 9.17) is 9.47 Å². The second kappa shape index (κ2) is 45.9. The third kappa shape index (κ3) is 36.8. The van der Waals surface area contributed by atoms with Crippen LogP contribution in [-0.4, -0.2) is 73.1 Å². The van der Waals surface area contributed by atoms with Gasteiger partial charge in [-0.1, -0.05) is 194 Å². The lowest BCUT2D eigenvalue weighted by atomic mass is 9.96. The van der Waals surface area contributed by atoms with Crippen LogP contribution in [0.3, 0.4) is 0 Å². The third-order valence-corrected chi connectivity index (χ3v) is 14.2. The van der Waals surface area contributed by atoms with Gasteiger partial charge in [0, 0.05) is 25.4 Å². The maximum absolute atomic E-state index is 14.0. The van der Waals surface area contributed by atoms with Gasteiger partial charge in [-0.3, -0.25) is 14.4 Å².